The first-order valence-electron chi connectivity index (χ1n) is 8.29. The molecule has 0 radical (unpaired) electrons. The Morgan fingerprint density at radius 1 is 1.00 bits per heavy atom. The Morgan fingerprint density at radius 2 is 1.59 bits per heavy atom. The molecule has 0 aliphatic rings. The maximum Gasteiger partial charge on any atom is 0.407 e. The highest BCUT2D eigenvalue weighted by molar-refractivity contribution is 5.87. The number of nitrogens with zero attached hydrogens (tertiary/aromatic N) is 1. The summed E-state index contributed by atoms with van der Waals surface area (Å²) in [5, 5.41) is 19.7. The lowest BCUT2D eigenvalue weighted by Gasteiger charge is -2.28. The second-order valence-corrected chi connectivity index (χ2v) is 5.07. The number of amides is 3. The van der Waals surface area contributed by atoms with Gasteiger partial charge in [0, 0.05) is 31.8 Å². The number of alkyl carbamates (subject to hydrolysis) is 1. The van der Waals surface area contributed by atoms with Crippen LogP contribution in [0.4, 0.5) is 4.79 Å². The molecule has 152 valence electrons. The molecule has 0 aromatic carbocycles. The van der Waals surface area contributed by atoms with Gasteiger partial charge in [0.1, 0.15) is 6.61 Å². The Hall–Kier alpha value is -2.85. The molecule has 0 fully saturated rings. The highest BCUT2D eigenvalue weighted by Gasteiger charge is 2.02. The van der Waals surface area contributed by atoms with E-state index in [0.717, 1.165) is 6.08 Å². The topological polar surface area (TPSA) is 132 Å². The van der Waals surface area contributed by atoms with Crippen molar-refractivity contribution in [3.8, 4) is 0 Å². The number of hydroxylamine groups is 2. The summed E-state index contributed by atoms with van der Waals surface area (Å²) >= 11 is 0. The van der Waals surface area contributed by atoms with Crippen LogP contribution in [0.15, 0.2) is 37.1 Å². The summed E-state index contributed by atoms with van der Waals surface area (Å²) in [6.07, 6.45) is 3.44. The van der Waals surface area contributed by atoms with Crippen LogP contribution in [0.3, 0.4) is 0 Å². The fourth-order valence-corrected chi connectivity index (χ4v) is 1.67. The van der Waals surface area contributed by atoms with Crippen molar-refractivity contribution in [3.05, 3.63) is 42.3 Å². The minimum atomic E-state index is -0.666. The molecular formula is C17H27N4O6-. The van der Waals surface area contributed by atoms with E-state index < -0.39 is 6.09 Å². The van der Waals surface area contributed by atoms with E-state index in [1.54, 1.807) is 0 Å². The quantitative estimate of drug-likeness (QED) is 0.219. The third-order valence-electron chi connectivity index (χ3n) is 3.05. The Balaban J connectivity index is 3.96. The van der Waals surface area contributed by atoms with Crippen molar-refractivity contribution in [3.63, 3.8) is 0 Å². The summed E-state index contributed by atoms with van der Waals surface area (Å²) in [5.41, 5.74) is 0.399. The average molecular weight is 383 g/mol. The largest absolute Gasteiger partial charge is 0.759 e. The van der Waals surface area contributed by atoms with Gasteiger partial charge in [0.15, 0.2) is 0 Å². The standard InChI is InChI=1S/C17H27N4O6/c1-4-15(22)18-8-9-20-17(24)27-12-7-14(21(3)25)6-11-26-13-10-19-16(23)5-2/h4-5,7H,1-2,6,8-13H2,3H3,(H,18,22)(H,19,23)(H,20,24)/q-1. The summed E-state index contributed by atoms with van der Waals surface area (Å²) in [6.45, 7) is 7.92. The molecule has 0 aliphatic carbocycles. The van der Waals surface area contributed by atoms with E-state index in [-0.39, 0.29) is 38.1 Å². The number of ether oxygens (including phenoxy) is 2. The predicted molar refractivity (Wildman–Crippen MR) is 100 cm³/mol. The van der Waals surface area contributed by atoms with Gasteiger partial charge >= 0.3 is 6.09 Å². The SMILES string of the molecule is C=CC(=O)NCCNC(=O)OCC=C(CCOCCNC(=O)C=C)N(C)[O-]. The van der Waals surface area contributed by atoms with Crippen LogP contribution in [0.1, 0.15) is 6.42 Å². The van der Waals surface area contributed by atoms with Crippen molar-refractivity contribution < 1.29 is 23.9 Å². The molecule has 0 aromatic heterocycles. The maximum atomic E-state index is 11.5. The molecule has 10 heteroatoms. The lowest BCUT2D eigenvalue weighted by molar-refractivity contribution is -0.117. The van der Waals surface area contributed by atoms with Gasteiger partial charge in [-0.2, -0.15) is 0 Å². The zero-order chi connectivity index (χ0) is 20.5. The van der Waals surface area contributed by atoms with Gasteiger partial charge < -0.3 is 35.7 Å². The fourth-order valence-electron chi connectivity index (χ4n) is 1.67. The summed E-state index contributed by atoms with van der Waals surface area (Å²) < 4.78 is 10.2. The van der Waals surface area contributed by atoms with Gasteiger partial charge in [-0.25, -0.2) is 4.79 Å². The number of rotatable bonds is 14. The predicted octanol–water partition coefficient (Wildman–Crippen LogP) is 0.0372. The smallest absolute Gasteiger partial charge is 0.407 e. The summed E-state index contributed by atoms with van der Waals surface area (Å²) in [5.74, 6) is -0.612. The Bertz CT molecular complexity index is 534. The van der Waals surface area contributed by atoms with Crippen LogP contribution in [0.2, 0.25) is 0 Å². The van der Waals surface area contributed by atoms with E-state index >= 15 is 0 Å². The first-order chi connectivity index (χ1) is 12.9. The molecule has 10 nitrogen and oxygen atoms in total. The minimum absolute atomic E-state index is 0.0812. The van der Waals surface area contributed by atoms with Crippen molar-refractivity contribution >= 4 is 17.9 Å². The van der Waals surface area contributed by atoms with Gasteiger partial charge in [-0.15, -0.1) is 0 Å². The highest BCUT2D eigenvalue weighted by Crippen LogP contribution is 2.05. The molecule has 0 saturated heterocycles. The molecule has 0 atom stereocenters. The first kappa shape index (κ1) is 24.1. The molecule has 0 heterocycles. The van der Waals surface area contributed by atoms with Gasteiger partial charge in [0.25, 0.3) is 0 Å². The molecule has 0 unspecified atom stereocenters. The van der Waals surface area contributed by atoms with E-state index in [0.29, 0.717) is 30.3 Å². The normalized spacial score (nSPS) is 10.5. The number of carbonyl (C=O) groups excluding carboxylic acids is 3. The molecular weight excluding hydrogens is 356 g/mol. The van der Waals surface area contributed by atoms with E-state index in [4.69, 9.17) is 9.47 Å². The van der Waals surface area contributed by atoms with Crippen molar-refractivity contribution in [2.75, 3.05) is 46.5 Å². The Morgan fingerprint density at radius 3 is 2.19 bits per heavy atom. The summed E-state index contributed by atoms with van der Waals surface area (Å²) in [7, 11) is 1.33. The van der Waals surface area contributed by atoms with Gasteiger partial charge in [0.2, 0.25) is 11.8 Å². The van der Waals surface area contributed by atoms with Crippen molar-refractivity contribution in [1.29, 1.82) is 0 Å². The second-order valence-electron chi connectivity index (χ2n) is 5.07. The van der Waals surface area contributed by atoms with Gasteiger partial charge in [0.05, 0.1) is 13.2 Å². The molecule has 3 N–H and O–H groups in total. The van der Waals surface area contributed by atoms with Gasteiger partial charge in [-0.05, 0) is 25.3 Å². The van der Waals surface area contributed by atoms with E-state index in [1.807, 2.05) is 0 Å². The third kappa shape index (κ3) is 14.0. The summed E-state index contributed by atoms with van der Waals surface area (Å²) in [4.78, 5) is 33.3. The molecule has 0 rings (SSSR count). The lowest BCUT2D eigenvalue weighted by atomic mass is 10.3. The lowest BCUT2D eigenvalue weighted by Crippen LogP contribution is -2.34. The van der Waals surface area contributed by atoms with E-state index in [9.17, 15) is 19.6 Å². The number of nitrogens with one attached hydrogen (secondary N) is 3. The van der Waals surface area contributed by atoms with Crippen molar-refractivity contribution in [2.24, 2.45) is 0 Å². The maximum absolute atomic E-state index is 11.5. The molecule has 0 bridgehead atoms. The Kier molecular flexibility index (Phi) is 13.8. The average Bonchev–Trinajstić information content (AvgIpc) is 2.65. The minimum Gasteiger partial charge on any atom is -0.759 e. The van der Waals surface area contributed by atoms with Gasteiger partial charge in [-0.1, -0.05) is 13.2 Å². The number of carbonyl (C=O) groups is 3. The van der Waals surface area contributed by atoms with Crippen LogP contribution in [0.5, 0.6) is 0 Å². The van der Waals surface area contributed by atoms with E-state index in [2.05, 4.69) is 29.1 Å². The molecule has 0 saturated carbocycles. The first-order valence-corrected chi connectivity index (χ1v) is 8.29. The second kappa shape index (κ2) is 15.4. The van der Waals surface area contributed by atoms with Crippen LogP contribution in [-0.2, 0) is 19.1 Å². The number of hydrogen-bond acceptors (Lipinski definition) is 7. The molecule has 27 heavy (non-hydrogen) atoms. The monoisotopic (exact) mass is 383 g/mol. The van der Waals surface area contributed by atoms with Crippen LogP contribution < -0.4 is 16.0 Å². The molecule has 3 amide bonds. The van der Waals surface area contributed by atoms with Crippen molar-refractivity contribution in [2.45, 2.75) is 6.42 Å². The van der Waals surface area contributed by atoms with Crippen LogP contribution >= 0.6 is 0 Å². The van der Waals surface area contributed by atoms with Crippen LogP contribution in [0, 0.1) is 5.21 Å². The molecule has 0 aliphatic heterocycles. The zero-order valence-corrected chi connectivity index (χ0v) is 15.5. The van der Waals surface area contributed by atoms with Crippen LogP contribution in [0.25, 0.3) is 0 Å². The van der Waals surface area contributed by atoms with Crippen LogP contribution in [-0.4, -0.2) is 69.5 Å². The zero-order valence-electron chi connectivity index (χ0n) is 15.5. The highest BCUT2D eigenvalue weighted by atomic mass is 16.5. The third-order valence-corrected chi connectivity index (χ3v) is 3.05. The summed E-state index contributed by atoms with van der Waals surface area (Å²) in [6, 6.07) is 0. The Labute approximate surface area is 158 Å². The fraction of sp³-hybridized carbons (Fsp3) is 0.471. The van der Waals surface area contributed by atoms with E-state index in [1.165, 1.54) is 19.2 Å². The number of hydrogen-bond donors (Lipinski definition) is 3. The molecule has 0 aromatic rings. The van der Waals surface area contributed by atoms with Gasteiger partial charge in [-0.3, -0.25) is 9.59 Å². The van der Waals surface area contributed by atoms with Crippen molar-refractivity contribution in [1.82, 2.24) is 21.0 Å². The molecule has 0 spiro atoms.